The fourth-order valence-electron chi connectivity index (χ4n) is 3.27. The van der Waals surface area contributed by atoms with Crippen LogP contribution in [0.1, 0.15) is 0 Å². The van der Waals surface area contributed by atoms with Gasteiger partial charge in [0.1, 0.15) is 11.5 Å². The van der Waals surface area contributed by atoms with E-state index in [1.165, 1.54) is 0 Å². The van der Waals surface area contributed by atoms with Gasteiger partial charge in [-0.3, -0.25) is 0 Å². The lowest BCUT2D eigenvalue weighted by Gasteiger charge is -2.25. The number of para-hydroxylation sites is 2. The van der Waals surface area contributed by atoms with Crippen molar-refractivity contribution in [3.8, 4) is 11.5 Å². The Kier molecular flexibility index (Phi) is 6.75. The quantitative estimate of drug-likeness (QED) is 0.261. The Labute approximate surface area is 188 Å². The minimum absolute atomic E-state index is 0.416. The van der Waals surface area contributed by atoms with Crippen molar-refractivity contribution in [1.29, 1.82) is 0 Å². The Hall–Kier alpha value is -3.32. The standard InChI is InChI=1S/C26H23NO3P2/c1-2-31(25-19-11-5-12-20-25,26-21-13-6-14-22-26)27-32(28,29-23-15-7-3-8-16-23)30-24-17-9-4-10-18-24/h2-22H,1H2. The zero-order valence-electron chi connectivity index (χ0n) is 17.4. The third kappa shape index (κ3) is 4.94. The monoisotopic (exact) mass is 459 g/mol. The molecule has 0 unspecified atom stereocenters. The number of benzene rings is 4. The second-order valence-corrected chi connectivity index (χ2v) is 11.7. The molecule has 0 heterocycles. The topological polar surface area (TPSA) is 47.9 Å². The Bertz CT molecular complexity index is 1170. The van der Waals surface area contributed by atoms with Crippen LogP contribution in [-0.2, 0) is 4.57 Å². The summed E-state index contributed by atoms with van der Waals surface area (Å²) in [7, 11) is -6.73. The molecule has 0 fully saturated rings. The number of rotatable bonds is 8. The summed E-state index contributed by atoms with van der Waals surface area (Å²) in [6.45, 7) is 4.11. The summed E-state index contributed by atoms with van der Waals surface area (Å²) >= 11 is 0. The van der Waals surface area contributed by atoms with E-state index in [0.29, 0.717) is 11.5 Å². The zero-order chi connectivity index (χ0) is 22.3. The largest absolute Gasteiger partial charge is 0.562 e. The van der Waals surface area contributed by atoms with E-state index >= 15 is 0 Å². The molecule has 4 aromatic carbocycles. The van der Waals surface area contributed by atoms with Crippen LogP contribution < -0.4 is 19.7 Å². The van der Waals surface area contributed by atoms with Crippen LogP contribution in [-0.4, -0.2) is 0 Å². The molecule has 4 nitrogen and oxygen atoms in total. The highest BCUT2D eigenvalue weighted by Gasteiger charge is 2.34. The highest BCUT2D eigenvalue weighted by atomic mass is 31.2. The summed E-state index contributed by atoms with van der Waals surface area (Å²) < 4.78 is 31.0. The van der Waals surface area contributed by atoms with E-state index in [9.17, 15) is 4.57 Å². The van der Waals surface area contributed by atoms with Crippen LogP contribution in [0.3, 0.4) is 0 Å². The average molecular weight is 459 g/mol. The van der Waals surface area contributed by atoms with Gasteiger partial charge in [0.2, 0.25) is 0 Å². The molecule has 0 aromatic heterocycles. The molecule has 4 aromatic rings. The maximum Gasteiger partial charge on any atom is 0.562 e. The van der Waals surface area contributed by atoms with Gasteiger partial charge in [0.25, 0.3) is 0 Å². The maximum absolute atomic E-state index is 14.2. The smallest absolute Gasteiger partial charge is 0.399 e. The molecule has 0 amide bonds. The molecule has 0 saturated carbocycles. The summed E-state index contributed by atoms with van der Waals surface area (Å²) in [6.07, 6.45) is 0. The second kappa shape index (κ2) is 9.87. The molecular weight excluding hydrogens is 436 g/mol. The molecule has 6 heteroatoms. The van der Waals surface area contributed by atoms with Gasteiger partial charge < -0.3 is 9.05 Å². The molecule has 160 valence electrons. The summed E-state index contributed by atoms with van der Waals surface area (Å²) in [5.74, 6) is 2.62. The molecule has 4 rings (SSSR count). The molecule has 0 bridgehead atoms. The van der Waals surface area contributed by atoms with E-state index in [1.54, 1.807) is 30.1 Å². The third-order valence-corrected chi connectivity index (χ3v) is 10.3. The van der Waals surface area contributed by atoms with Crippen LogP contribution in [0, 0.1) is 0 Å². The van der Waals surface area contributed by atoms with Crippen molar-refractivity contribution < 1.29 is 13.6 Å². The fourth-order valence-corrected chi connectivity index (χ4v) is 8.85. The van der Waals surface area contributed by atoms with Crippen molar-refractivity contribution in [1.82, 2.24) is 0 Å². The van der Waals surface area contributed by atoms with Gasteiger partial charge in [-0.1, -0.05) is 104 Å². The molecule has 0 spiro atoms. The van der Waals surface area contributed by atoms with E-state index in [2.05, 4.69) is 6.58 Å². The van der Waals surface area contributed by atoms with Gasteiger partial charge in [0.05, 0.1) is 7.05 Å². The SMILES string of the molecule is C=CP(=NP(=O)(Oc1ccccc1)Oc1ccccc1)(c1ccccc1)c1ccccc1. The van der Waals surface area contributed by atoms with E-state index in [0.717, 1.165) is 10.6 Å². The molecule has 0 aliphatic rings. The summed E-state index contributed by atoms with van der Waals surface area (Å²) in [4.78, 5) is 0. The van der Waals surface area contributed by atoms with Crippen molar-refractivity contribution in [2.75, 3.05) is 0 Å². The molecule has 32 heavy (non-hydrogen) atoms. The second-order valence-electron chi connectivity index (χ2n) is 6.91. The van der Waals surface area contributed by atoms with Crippen LogP contribution in [0.5, 0.6) is 11.5 Å². The predicted molar refractivity (Wildman–Crippen MR) is 133 cm³/mol. The maximum atomic E-state index is 14.2. The van der Waals surface area contributed by atoms with Crippen molar-refractivity contribution >= 4 is 25.4 Å². The fraction of sp³-hybridized carbons (Fsp3) is 0. The van der Waals surface area contributed by atoms with Crippen molar-refractivity contribution in [3.05, 3.63) is 134 Å². The summed E-state index contributed by atoms with van der Waals surface area (Å²) in [6, 6.07) is 37.4. The van der Waals surface area contributed by atoms with Crippen LogP contribution in [0.2, 0.25) is 0 Å². The van der Waals surface area contributed by atoms with E-state index in [1.807, 2.05) is 97.1 Å². The number of nitrogens with zero attached hydrogens (tertiary/aromatic N) is 1. The molecule has 0 aliphatic carbocycles. The Morgan fingerprint density at radius 1 is 0.594 bits per heavy atom. The van der Waals surface area contributed by atoms with Gasteiger partial charge in [-0.2, -0.15) is 4.52 Å². The van der Waals surface area contributed by atoms with E-state index in [4.69, 9.17) is 13.6 Å². The van der Waals surface area contributed by atoms with Crippen LogP contribution in [0.15, 0.2) is 138 Å². The third-order valence-electron chi connectivity index (χ3n) is 4.74. The average Bonchev–Trinajstić information content (AvgIpc) is 2.85. The first-order valence-corrected chi connectivity index (χ1v) is 13.4. The van der Waals surface area contributed by atoms with Crippen molar-refractivity contribution in [3.63, 3.8) is 0 Å². The Balaban J connectivity index is 1.95. The lowest BCUT2D eigenvalue weighted by Crippen LogP contribution is -2.15. The van der Waals surface area contributed by atoms with Crippen molar-refractivity contribution in [2.45, 2.75) is 0 Å². The molecule has 0 radical (unpaired) electrons. The lowest BCUT2D eigenvalue weighted by molar-refractivity contribution is 0.388. The highest BCUT2D eigenvalue weighted by Crippen LogP contribution is 2.62. The van der Waals surface area contributed by atoms with Crippen LogP contribution in [0.25, 0.3) is 0 Å². The summed E-state index contributed by atoms with van der Waals surface area (Å²) in [5, 5.41) is 1.82. The molecular formula is C26H23NO3P2. The van der Waals surface area contributed by atoms with Crippen molar-refractivity contribution in [2.24, 2.45) is 4.52 Å². The first kappa shape index (κ1) is 21.9. The Morgan fingerprint density at radius 2 is 0.938 bits per heavy atom. The number of hydrogen-bond donors (Lipinski definition) is 0. The normalized spacial score (nSPS) is 11.4. The highest BCUT2D eigenvalue weighted by molar-refractivity contribution is 7.87. The van der Waals surface area contributed by atoms with Crippen LogP contribution >= 0.6 is 14.8 Å². The van der Waals surface area contributed by atoms with Gasteiger partial charge in [-0.25, -0.2) is 4.57 Å². The minimum Gasteiger partial charge on any atom is -0.399 e. The molecule has 0 saturated heterocycles. The predicted octanol–water partition coefficient (Wildman–Crippen LogP) is 7.25. The van der Waals surface area contributed by atoms with Gasteiger partial charge in [0, 0.05) is 10.6 Å². The van der Waals surface area contributed by atoms with Crippen LogP contribution in [0.4, 0.5) is 0 Å². The molecule has 0 aliphatic heterocycles. The minimum atomic E-state index is -4.03. The van der Waals surface area contributed by atoms with E-state index in [-0.39, 0.29) is 0 Å². The first-order valence-electron chi connectivity index (χ1n) is 10.1. The summed E-state index contributed by atoms with van der Waals surface area (Å²) in [5.41, 5.74) is 0. The first-order chi connectivity index (χ1) is 15.6. The van der Waals surface area contributed by atoms with Gasteiger partial charge in [-0.15, -0.1) is 0 Å². The molecule has 0 N–H and O–H groups in total. The van der Waals surface area contributed by atoms with Gasteiger partial charge in [-0.05, 0) is 30.1 Å². The number of hydrogen-bond acceptors (Lipinski definition) is 3. The zero-order valence-corrected chi connectivity index (χ0v) is 19.2. The Morgan fingerprint density at radius 3 is 1.28 bits per heavy atom. The van der Waals surface area contributed by atoms with Gasteiger partial charge >= 0.3 is 7.75 Å². The molecule has 0 atom stereocenters. The van der Waals surface area contributed by atoms with Gasteiger partial charge in [0.15, 0.2) is 0 Å². The lowest BCUT2D eigenvalue weighted by atomic mass is 10.3. The van der Waals surface area contributed by atoms with E-state index < -0.39 is 14.8 Å².